The van der Waals surface area contributed by atoms with Gasteiger partial charge < -0.3 is 0 Å². The molecule has 0 saturated heterocycles. The Morgan fingerprint density at radius 2 is 2.06 bits per heavy atom. The summed E-state index contributed by atoms with van der Waals surface area (Å²) in [5.41, 5.74) is 0. The van der Waals surface area contributed by atoms with Crippen LogP contribution in [0.4, 0.5) is 0 Å². The second kappa shape index (κ2) is 6.90. The summed E-state index contributed by atoms with van der Waals surface area (Å²) >= 11 is 11.7. The quantitative estimate of drug-likeness (QED) is 0.767. The molecule has 16 heavy (non-hydrogen) atoms. The first-order valence-corrected chi connectivity index (χ1v) is 6.93. The lowest BCUT2D eigenvalue weighted by Gasteiger charge is -2.04. The summed E-state index contributed by atoms with van der Waals surface area (Å²) in [6.07, 6.45) is 2.02. The lowest BCUT2D eigenvalue weighted by molar-refractivity contribution is 0.678. The van der Waals surface area contributed by atoms with Crippen LogP contribution in [0.1, 0.15) is 19.3 Å². The molecule has 0 saturated carbocycles. The van der Waals surface area contributed by atoms with Crippen molar-refractivity contribution >= 4 is 34.0 Å². The molecule has 0 amide bonds. The molecule has 0 N–H and O–H groups in total. The van der Waals surface area contributed by atoms with Crippen molar-refractivity contribution in [1.29, 1.82) is 5.26 Å². The topological polar surface area (TPSA) is 40.9 Å². The fourth-order valence-corrected chi connectivity index (χ4v) is 3.04. The SMILES string of the molecule is N#CCCCCS(=O)c1cc(Cl)ccc1Cl. The zero-order valence-electron chi connectivity index (χ0n) is 8.58. The molecule has 0 fully saturated rings. The molecule has 1 rings (SSSR count). The Morgan fingerprint density at radius 1 is 1.31 bits per heavy atom. The molecule has 0 heterocycles. The minimum atomic E-state index is -1.13. The van der Waals surface area contributed by atoms with Gasteiger partial charge >= 0.3 is 0 Å². The predicted molar refractivity (Wildman–Crippen MR) is 67.2 cm³/mol. The lowest BCUT2D eigenvalue weighted by atomic mass is 10.3. The summed E-state index contributed by atoms with van der Waals surface area (Å²) < 4.78 is 11.9. The van der Waals surface area contributed by atoms with E-state index in [0.29, 0.717) is 27.1 Å². The molecule has 5 heteroatoms. The van der Waals surface area contributed by atoms with Crippen LogP contribution in [0.2, 0.25) is 10.0 Å². The predicted octanol–water partition coefficient (Wildman–Crippen LogP) is 3.79. The van der Waals surface area contributed by atoms with E-state index in [0.717, 1.165) is 12.8 Å². The minimum absolute atomic E-state index is 0.475. The van der Waals surface area contributed by atoms with E-state index in [1.165, 1.54) is 0 Å². The van der Waals surface area contributed by atoms with Crippen molar-refractivity contribution in [1.82, 2.24) is 0 Å². The number of nitriles is 1. The van der Waals surface area contributed by atoms with Crippen molar-refractivity contribution in [2.45, 2.75) is 24.2 Å². The van der Waals surface area contributed by atoms with E-state index in [9.17, 15) is 4.21 Å². The van der Waals surface area contributed by atoms with E-state index in [4.69, 9.17) is 28.5 Å². The Balaban J connectivity index is 2.59. The first-order valence-electron chi connectivity index (χ1n) is 4.85. The molecule has 1 unspecified atom stereocenters. The first-order chi connectivity index (χ1) is 7.65. The fraction of sp³-hybridized carbons (Fsp3) is 0.364. The van der Waals surface area contributed by atoms with Crippen molar-refractivity contribution in [3.8, 4) is 6.07 Å². The van der Waals surface area contributed by atoms with Gasteiger partial charge in [0.05, 0.1) is 26.8 Å². The Hall–Kier alpha value is -0.560. The molecule has 0 bridgehead atoms. The highest BCUT2D eigenvalue weighted by Crippen LogP contribution is 2.24. The summed E-state index contributed by atoms with van der Waals surface area (Å²) in [4.78, 5) is 0.575. The van der Waals surface area contributed by atoms with E-state index in [1.54, 1.807) is 18.2 Å². The molecule has 1 atom stereocenters. The Morgan fingerprint density at radius 3 is 2.75 bits per heavy atom. The van der Waals surface area contributed by atoms with E-state index in [2.05, 4.69) is 6.07 Å². The molecule has 0 radical (unpaired) electrons. The van der Waals surface area contributed by atoms with Gasteiger partial charge in [0, 0.05) is 17.2 Å². The van der Waals surface area contributed by atoms with Crippen LogP contribution in [0.25, 0.3) is 0 Å². The molecule has 0 aliphatic rings. The van der Waals surface area contributed by atoms with E-state index >= 15 is 0 Å². The molecule has 0 aliphatic carbocycles. The minimum Gasteiger partial charge on any atom is -0.254 e. The van der Waals surface area contributed by atoms with Crippen LogP contribution < -0.4 is 0 Å². The lowest BCUT2D eigenvalue weighted by Crippen LogP contribution is -1.99. The molecule has 2 nitrogen and oxygen atoms in total. The van der Waals surface area contributed by atoms with Crippen molar-refractivity contribution < 1.29 is 4.21 Å². The summed E-state index contributed by atoms with van der Waals surface area (Å²) in [6.45, 7) is 0. The van der Waals surface area contributed by atoms with Crippen LogP contribution in [-0.4, -0.2) is 9.96 Å². The van der Waals surface area contributed by atoms with Crippen molar-refractivity contribution in [2.75, 3.05) is 5.75 Å². The van der Waals surface area contributed by atoms with Gasteiger partial charge in [0.25, 0.3) is 0 Å². The van der Waals surface area contributed by atoms with E-state index in [1.807, 2.05) is 0 Å². The molecule has 86 valence electrons. The normalized spacial score (nSPS) is 12.1. The van der Waals surface area contributed by atoms with E-state index < -0.39 is 10.8 Å². The molecule has 1 aromatic carbocycles. The van der Waals surface area contributed by atoms with Gasteiger partial charge in [0.2, 0.25) is 0 Å². The highest BCUT2D eigenvalue weighted by Gasteiger charge is 2.08. The third kappa shape index (κ3) is 4.13. The first kappa shape index (κ1) is 13.5. The third-order valence-corrected chi connectivity index (χ3v) is 4.17. The maximum atomic E-state index is 11.9. The number of benzene rings is 1. The van der Waals surface area contributed by atoms with Crippen LogP contribution in [0.3, 0.4) is 0 Å². The van der Waals surface area contributed by atoms with E-state index in [-0.39, 0.29) is 0 Å². The number of nitrogens with zero attached hydrogens (tertiary/aromatic N) is 1. The number of hydrogen-bond donors (Lipinski definition) is 0. The Bertz CT molecular complexity index is 428. The van der Waals surface area contributed by atoms with Gasteiger partial charge in [-0.05, 0) is 31.0 Å². The average molecular weight is 276 g/mol. The van der Waals surface area contributed by atoms with Gasteiger partial charge in [-0.15, -0.1) is 0 Å². The molecule has 0 aliphatic heterocycles. The Labute approximate surface area is 108 Å². The molecule has 1 aromatic rings. The van der Waals surface area contributed by atoms with Gasteiger partial charge in [0.1, 0.15) is 0 Å². The second-order valence-corrected chi connectivity index (χ2v) is 5.62. The van der Waals surface area contributed by atoms with Gasteiger partial charge in [-0.25, -0.2) is 0 Å². The maximum Gasteiger partial charge on any atom is 0.0621 e. The zero-order valence-corrected chi connectivity index (χ0v) is 10.9. The molecule has 0 spiro atoms. The smallest absolute Gasteiger partial charge is 0.0621 e. The van der Waals surface area contributed by atoms with Crippen LogP contribution >= 0.6 is 23.2 Å². The summed E-state index contributed by atoms with van der Waals surface area (Å²) in [6, 6.07) is 7.00. The van der Waals surface area contributed by atoms with Crippen LogP contribution in [-0.2, 0) is 10.8 Å². The largest absolute Gasteiger partial charge is 0.254 e. The summed E-state index contributed by atoms with van der Waals surface area (Å²) in [7, 11) is -1.13. The van der Waals surface area contributed by atoms with Gasteiger partial charge in [-0.1, -0.05) is 23.2 Å². The average Bonchev–Trinajstić information content (AvgIpc) is 2.27. The summed E-state index contributed by atoms with van der Waals surface area (Å²) in [5.74, 6) is 0.516. The maximum absolute atomic E-state index is 11.9. The van der Waals surface area contributed by atoms with Gasteiger partial charge in [0.15, 0.2) is 0 Å². The zero-order chi connectivity index (χ0) is 12.0. The molecular formula is C11H11Cl2NOS. The number of hydrogen-bond acceptors (Lipinski definition) is 2. The van der Waals surface area contributed by atoms with Crippen LogP contribution in [0.5, 0.6) is 0 Å². The summed E-state index contributed by atoms with van der Waals surface area (Å²) in [5, 5.41) is 9.37. The highest BCUT2D eigenvalue weighted by molar-refractivity contribution is 7.85. The Kier molecular flexibility index (Phi) is 5.83. The molecular weight excluding hydrogens is 265 g/mol. The van der Waals surface area contributed by atoms with Crippen LogP contribution in [0.15, 0.2) is 23.1 Å². The number of unbranched alkanes of at least 4 members (excludes halogenated alkanes) is 2. The van der Waals surface area contributed by atoms with Gasteiger partial charge in [-0.3, -0.25) is 4.21 Å². The standard InChI is InChI=1S/C11H11Cl2NOS/c12-9-4-5-10(13)11(8-9)16(15)7-3-1-2-6-14/h4-5,8H,1-3,7H2. The third-order valence-electron chi connectivity index (χ3n) is 2.01. The molecule has 0 aromatic heterocycles. The highest BCUT2D eigenvalue weighted by atomic mass is 35.5. The monoisotopic (exact) mass is 275 g/mol. The van der Waals surface area contributed by atoms with Crippen molar-refractivity contribution in [2.24, 2.45) is 0 Å². The fourth-order valence-electron chi connectivity index (χ4n) is 1.20. The number of halogens is 2. The van der Waals surface area contributed by atoms with Crippen molar-refractivity contribution in [3.05, 3.63) is 28.2 Å². The second-order valence-electron chi connectivity index (χ2n) is 3.24. The van der Waals surface area contributed by atoms with Crippen LogP contribution in [0, 0.1) is 11.3 Å². The van der Waals surface area contributed by atoms with Gasteiger partial charge in [-0.2, -0.15) is 5.26 Å². The van der Waals surface area contributed by atoms with Crippen molar-refractivity contribution in [3.63, 3.8) is 0 Å². The number of rotatable bonds is 5.